The van der Waals surface area contributed by atoms with E-state index < -0.39 is 0 Å². The van der Waals surface area contributed by atoms with E-state index in [1.54, 1.807) is 6.07 Å². The summed E-state index contributed by atoms with van der Waals surface area (Å²) < 4.78 is 16.4. The molecule has 0 amide bonds. The van der Waals surface area contributed by atoms with Crippen molar-refractivity contribution in [3.8, 4) is 22.6 Å². The minimum Gasteiger partial charge on any atom is -0.494 e. The summed E-state index contributed by atoms with van der Waals surface area (Å²) in [6, 6.07) is 13.1. The average molecular weight is 324 g/mol. The smallest absolute Gasteiger partial charge is 0.344 e. The second kappa shape index (κ2) is 6.79. The fraction of sp³-hybridized carbons (Fsp3) is 0.250. The van der Waals surface area contributed by atoms with Crippen molar-refractivity contribution in [1.29, 1.82) is 0 Å². The molecule has 0 saturated heterocycles. The molecule has 0 radical (unpaired) electrons. The largest absolute Gasteiger partial charge is 0.494 e. The zero-order valence-corrected chi connectivity index (χ0v) is 14.1. The molecule has 124 valence electrons. The normalized spacial score (nSPS) is 10.8. The van der Waals surface area contributed by atoms with E-state index in [1.165, 1.54) is 0 Å². The molecule has 0 N–H and O–H groups in total. The van der Waals surface area contributed by atoms with Crippen molar-refractivity contribution in [3.05, 3.63) is 58.4 Å². The molecule has 4 nitrogen and oxygen atoms in total. The molecule has 4 heteroatoms. The Morgan fingerprint density at radius 3 is 2.21 bits per heavy atom. The minimum atomic E-state index is -0.349. The van der Waals surface area contributed by atoms with E-state index in [0.29, 0.717) is 30.1 Å². The van der Waals surface area contributed by atoms with Gasteiger partial charge in [-0.3, -0.25) is 0 Å². The van der Waals surface area contributed by atoms with Crippen LogP contribution in [0.25, 0.3) is 22.1 Å². The molecule has 0 spiro atoms. The van der Waals surface area contributed by atoms with Crippen molar-refractivity contribution in [3.63, 3.8) is 0 Å². The Balaban J connectivity index is 2.11. The van der Waals surface area contributed by atoms with Gasteiger partial charge in [0.05, 0.1) is 18.8 Å². The molecule has 0 aliphatic heterocycles. The summed E-state index contributed by atoms with van der Waals surface area (Å²) in [5.41, 5.74) is 2.49. The van der Waals surface area contributed by atoms with Crippen molar-refractivity contribution in [2.45, 2.75) is 20.8 Å². The van der Waals surface area contributed by atoms with E-state index >= 15 is 0 Å². The summed E-state index contributed by atoms with van der Waals surface area (Å²) in [5, 5.41) is 0.905. The molecule has 0 atom stereocenters. The molecule has 0 aliphatic rings. The fourth-order valence-corrected chi connectivity index (χ4v) is 2.81. The highest BCUT2D eigenvalue weighted by atomic mass is 16.5. The molecule has 3 rings (SSSR count). The third kappa shape index (κ3) is 3.00. The number of ether oxygens (including phenoxy) is 2. The van der Waals surface area contributed by atoms with Crippen LogP contribution in [-0.4, -0.2) is 13.2 Å². The van der Waals surface area contributed by atoms with Gasteiger partial charge < -0.3 is 13.9 Å². The van der Waals surface area contributed by atoms with E-state index in [9.17, 15) is 4.79 Å². The van der Waals surface area contributed by atoms with E-state index in [1.807, 2.05) is 57.2 Å². The van der Waals surface area contributed by atoms with Gasteiger partial charge in [0.2, 0.25) is 0 Å². The summed E-state index contributed by atoms with van der Waals surface area (Å²) in [6.45, 7) is 6.97. The maximum Gasteiger partial charge on any atom is 0.344 e. The molecule has 24 heavy (non-hydrogen) atoms. The third-order valence-corrected chi connectivity index (χ3v) is 3.90. The third-order valence-electron chi connectivity index (χ3n) is 3.90. The van der Waals surface area contributed by atoms with Gasteiger partial charge in [-0.1, -0.05) is 12.1 Å². The predicted molar refractivity (Wildman–Crippen MR) is 95.0 cm³/mol. The number of benzene rings is 2. The minimum absolute atomic E-state index is 0.349. The molecule has 1 heterocycles. The van der Waals surface area contributed by atoms with Gasteiger partial charge in [-0.05, 0) is 56.2 Å². The molecule has 0 saturated carbocycles. The summed E-state index contributed by atoms with van der Waals surface area (Å²) in [6.07, 6.45) is 0. The number of hydrogen-bond acceptors (Lipinski definition) is 4. The van der Waals surface area contributed by atoms with Gasteiger partial charge in [-0.25, -0.2) is 4.79 Å². The van der Waals surface area contributed by atoms with Crippen LogP contribution < -0.4 is 15.1 Å². The molecule has 3 aromatic rings. The lowest BCUT2D eigenvalue weighted by atomic mass is 9.99. The number of aryl methyl sites for hydroxylation is 1. The zero-order chi connectivity index (χ0) is 17.1. The second-order valence-corrected chi connectivity index (χ2v) is 5.44. The van der Waals surface area contributed by atoms with Crippen molar-refractivity contribution in [2.75, 3.05) is 13.2 Å². The number of hydrogen-bond donors (Lipinski definition) is 0. The van der Waals surface area contributed by atoms with Crippen LogP contribution >= 0.6 is 0 Å². The van der Waals surface area contributed by atoms with Gasteiger partial charge in [0.25, 0.3) is 0 Å². The SMILES string of the molecule is CCOc1ccc(-c2c(C)c3ccc(OCC)cc3oc2=O)cc1. The predicted octanol–water partition coefficient (Wildman–Crippen LogP) is 4.57. The first-order valence-corrected chi connectivity index (χ1v) is 8.07. The molecular weight excluding hydrogens is 304 g/mol. The molecule has 2 aromatic carbocycles. The van der Waals surface area contributed by atoms with Crippen LogP contribution in [0.4, 0.5) is 0 Å². The first kappa shape index (κ1) is 16.1. The Morgan fingerprint density at radius 2 is 1.54 bits per heavy atom. The van der Waals surface area contributed by atoms with Crippen LogP contribution in [0.1, 0.15) is 19.4 Å². The second-order valence-electron chi connectivity index (χ2n) is 5.44. The summed E-state index contributed by atoms with van der Waals surface area (Å²) >= 11 is 0. The highest BCUT2D eigenvalue weighted by Gasteiger charge is 2.14. The molecule has 0 aliphatic carbocycles. The molecular formula is C20H20O4. The Morgan fingerprint density at radius 1 is 0.917 bits per heavy atom. The fourth-order valence-electron chi connectivity index (χ4n) is 2.81. The summed E-state index contributed by atoms with van der Waals surface area (Å²) in [7, 11) is 0. The van der Waals surface area contributed by atoms with Crippen molar-refractivity contribution >= 4 is 11.0 Å². The van der Waals surface area contributed by atoms with Crippen molar-refractivity contribution in [2.24, 2.45) is 0 Å². The molecule has 0 fully saturated rings. The topological polar surface area (TPSA) is 48.7 Å². The highest BCUT2D eigenvalue weighted by molar-refractivity contribution is 5.87. The van der Waals surface area contributed by atoms with Crippen LogP contribution in [0.15, 0.2) is 51.7 Å². The Hall–Kier alpha value is -2.75. The van der Waals surface area contributed by atoms with E-state index in [0.717, 1.165) is 22.3 Å². The Kier molecular flexibility index (Phi) is 4.56. The lowest BCUT2D eigenvalue weighted by Gasteiger charge is -2.10. The van der Waals surface area contributed by atoms with Crippen LogP contribution in [0.2, 0.25) is 0 Å². The molecule has 0 bridgehead atoms. The lowest BCUT2D eigenvalue weighted by molar-refractivity contribution is 0.340. The maximum atomic E-state index is 12.5. The van der Waals surface area contributed by atoms with E-state index in [4.69, 9.17) is 13.9 Å². The maximum absolute atomic E-state index is 12.5. The standard InChI is InChI=1S/C20H20O4/c1-4-22-15-8-6-14(7-9-15)19-13(3)17-11-10-16(23-5-2)12-18(17)24-20(19)21/h6-12H,4-5H2,1-3H3. The van der Waals surface area contributed by atoms with E-state index in [2.05, 4.69) is 0 Å². The number of rotatable bonds is 5. The zero-order valence-electron chi connectivity index (χ0n) is 14.1. The monoisotopic (exact) mass is 324 g/mol. The van der Waals surface area contributed by atoms with Gasteiger partial charge >= 0.3 is 5.63 Å². The van der Waals surface area contributed by atoms with Gasteiger partial charge in [-0.2, -0.15) is 0 Å². The Bertz CT molecular complexity index is 907. The van der Waals surface area contributed by atoms with Gasteiger partial charge in [0, 0.05) is 11.5 Å². The Labute approximate surface area is 140 Å². The molecule has 1 aromatic heterocycles. The van der Waals surface area contributed by atoms with Crippen LogP contribution in [-0.2, 0) is 0 Å². The first-order chi connectivity index (χ1) is 11.6. The summed E-state index contributed by atoms with van der Waals surface area (Å²) in [4.78, 5) is 12.5. The van der Waals surface area contributed by atoms with E-state index in [-0.39, 0.29) is 5.63 Å². The first-order valence-electron chi connectivity index (χ1n) is 8.07. The molecule has 0 unspecified atom stereocenters. The van der Waals surface area contributed by atoms with Gasteiger partial charge in [0.15, 0.2) is 0 Å². The van der Waals surface area contributed by atoms with Crippen molar-refractivity contribution < 1.29 is 13.9 Å². The van der Waals surface area contributed by atoms with Crippen LogP contribution in [0, 0.1) is 6.92 Å². The van der Waals surface area contributed by atoms with Crippen molar-refractivity contribution in [1.82, 2.24) is 0 Å². The highest BCUT2D eigenvalue weighted by Crippen LogP contribution is 2.29. The number of fused-ring (bicyclic) bond motifs is 1. The summed E-state index contributed by atoms with van der Waals surface area (Å²) in [5.74, 6) is 1.48. The van der Waals surface area contributed by atoms with Gasteiger partial charge in [0.1, 0.15) is 17.1 Å². The quantitative estimate of drug-likeness (QED) is 0.645. The van der Waals surface area contributed by atoms with Gasteiger partial charge in [-0.15, -0.1) is 0 Å². The van der Waals surface area contributed by atoms with Crippen LogP contribution in [0.3, 0.4) is 0 Å². The average Bonchev–Trinajstić information content (AvgIpc) is 2.57. The lowest BCUT2D eigenvalue weighted by Crippen LogP contribution is -2.06. The van der Waals surface area contributed by atoms with Crippen LogP contribution in [0.5, 0.6) is 11.5 Å².